The van der Waals surface area contributed by atoms with Gasteiger partial charge >= 0.3 is 0 Å². The predicted octanol–water partition coefficient (Wildman–Crippen LogP) is 2.45. The summed E-state index contributed by atoms with van der Waals surface area (Å²) in [5, 5.41) is 0.290. The Labute approximate surface area is 153 Å². The van der Waals surface area contributed by atoms with Crippen LogP contribution in [0.2, 0.25) is 5.28 Å². The summed E-state index contributed by atoms with van der Waals surface area (Å²) in [5.74, 6) is 1.43. The minimum absolute atomic E-state index is 0.290. The van der Waals surface area contributed by atoms with Gasteiger partial charge < -0.3 is 9.80 Å². The lowest BCUT2D eigenvalue weighted by molar-refractivity contribution is 0.248. The first-order chi connectivity index (χ1) is 12.3. The summed E-state index contributed by atoms with van der Waals surface area (Å²) in [4.78, 5) is 20.2. The van der Waals surface area contributed by atoms with Gasteiger partial charge in [0.15, 0.2) is 0 Å². The zero-order chi connectivity index (χ0) is 17.1. The highest BCUT2D eigenvalue weighted by molar-refractivity contribution is 6.28. The first-order valence-corrected chi connectivity index (χ1v) is 9.33. The van der Waals surface area contributed by atoms with Gasteiger partial charge in [-0.05, 0) is 30.0 Å². The number of aromatic nitrogens is 3. The van der Waals surface area contributed by atoms with E-state index in [0.29, 0.717) is 11.2 Å². The van der Waals surface area contributed by atoms with Crippen LogP contribution in [0.4, 0.5) is 11.9 Å². The van der Waals surface area contributed by atoms with E-state index < -0.39 is 0 Å². The number of anilines is 2. The third kappa shape index (κ3) is 4.02. The summed E-state index contributed by atoms with van der Waals surface area (Å²) in [6, 6.07) is 10.6. The molecule has 7 heteroatoms. The van der Waals surface area contributed by atoms with Gasteiger partial charge in [0.05, 0.1) is 0 Å². The molecule has 25 heavy (non-hydrogen) atoms. The molecule has 0 spiro atoms. The maximum atomic E-state index is 6.16. The molecule has 1 aromatic carbocycles. The average molecular weight is 359 g/mol. The Hall–Kier alpha value is -1.92. The fourth-order valence-electron chi connectivity index (χ4n) is 3.48. The smallest absolute Gasteiger partial charge is 0.231 e. The Morgan fingerprint density at radius 1 is 0.760 bits per heavy atom. The van der Waals surface area contributed by atoms with Gasteiger partial charge in [0.2, 0.25) is 17.2 Å². The van der Waals surface area contributed by atoms with E-state index >= 15 is 0 Å². The van der Waals surface area contributed by atoms with Crippen molar-refractivity contribution in [1.29, 1.82) is 0 Å². The molecule has 2 saturated heterocycles. The zero-order valence-electron chi connectivity index (χ0n) is 14.3. The van der Waals surface area contributed by atoms with Crippen LogP contribution < -0.4 is 9.80 Å². The number of hydrogen-bond acceptors (Lipinski definition) is 6. The number of piperazine rings is 1. The molecule has 2 aliphatic heterocycles. The van der Waals surface area contributed by atoms with Gasteiger partial charge in [-0.1, -0.05) is 30.3 Å². The van der Waals surface area contributed by atoms with Crippen molar-refractivity contribution in [3.05, 3.63) is 41.2 Å². The molecule has 0 saturated carbocycles. The van der Waals surface area contributed by atoms with Crippen LogP contribution in [0.1, 0.15) is 18.4 Å². The predicted molar refractivity (Wildman–Crippen MR) is 100 cm³/mol. The molecule has 132 valence electrons. The van der Waals surface area contributed by atoms with Gasteiger partial charge in [0.1, 0.15) is 0 Å². The molecule has 3 heterocycles. The third-order valence-corrected chi connectivity index (χ3v) is 5.05. The summed E-state index contributed by atoms with van der Waals surface area (Å²) < 4.78 is 0. The number of hydrogen-bond donors (Lipinski definition) is 0. The van der Waals surface area contributed by atoms with E-state index in [1.165, 1.54) is 18.4 Å². The van der Waals surface area contributed by atoms with Crippen molar-refractivity contribution in [2.75, 3.05) is 49.1 Å². The van der Waals surface area contributed by atoms with Crippen molar-refractivity contribution < 1.29 is 0 Å². The van der Waals surface area contributed by atoms with Crippen LogP contribution in [0, 0.1) is 0 Å². The lowest BCUT2D eigenvalue weighted by Crippen LogP contribution is -2.46. The number of nitrogens with zero attached hydrogens (tertiary/aromatic N) is 6. The molecule has 6 nitrogen and oxygen atoms in total. The van der Waals surface area contributed by atoms with Crippen LogP contribution in [0.25, 0.3) is 0 Å². The highest BCUT2D eigenvalue weighted by atomic mass is 35.5. The van der Waals surface area contributed by atoms with E-state index in [4.69, 9.17) is 11.6 Å². The number of halogens is 1. The quantitative estimate of drug-likeness (QED) is 0.836. The van der Waals surface area contributed by atoms with Crippen LogP contribution in [0.5, 0.6) is 0 Å². The van der Waals surface area contributed by atoms with Crippen molar-refractivity contribution in [2.24, 2.45) is 0 Å². The normalized spacial score (nSPS) is 18.8. The van der Waals surface area contributed by atoms with E-state index in [1.54, 1.807) is 0 Å². The Morgan fingerprint density at radius 2 is 1.36 bits per heavy atom. The van der Waals surface area contributed by atoms with Crippen molar-refractivity contribution >= 4 is 23.5 Å². The third-order valence-electron chi connectivity index (χ3n) is 4.88. The highest BCUT2D eigenvalue weighted by Crippen LogP contribution is 2.21. The van der Waals surface area contributed by atoms with Gasteiger partial charge in [-0.15, -0.1) is 0 Å². The monoisotopic (exact) mass is 358 g/mol. The standard InChI is InChI=1S/C18H23ClN6/c19-16-20-17(24-8-4-5-9-24)22-18(21-16)25-12-10-23(11-13-25)14-15-6-2-1-3-7-15/h1-3,6-7H,4-5,8-14H2. The molecular weight excluding hydrogens is 336 g/mol. The number of rotatable bonds is 4. The summed E-state index contributed by atoms with van der Waals surface area (Å²) in [6.45, 7) is 6.81. The van der Waals surface area contributed by atoms with Crippen LogP contribution in [0.3, 0.4) is 0 Å². The van der Waals surface area contributed by atoms with E-state index in [0.717, 1.165) is 51.8 Å². The summed E-state index contributed by atoms with van der Waals surface area (Å²) in [6.07, 6.45) is 2.38. The molecule has 2 aliphatic rings. The topological polar surface area (TPSA) is 48.4 Å². The molecule has 1 aromatic heterocycles. The van der Waals surface area contributed by atoms with Crippen LogP contribution in [0.15, 0.2) is 30.3 Å². The molecule has 0 unspecified atom stereocenters. The maximum absolute atomic E-state index is 6.16. The van der Waals surface area contributed by atoms with E-state index in [2.05, 4.69) is 60.0 Å². The molecule has 2 fully saturated rings. The van der Waals surface area contributed by atoms with Gasteiger partial charge in [0.25, 0.3) is 0 Å². The first kappa shape index (κ1) is 16.5. The summed E-state index contributed by atoms with van der Waals surface area (Å²) in [5.41, 5.74) is 1.36. The lowest BCUT2D eigenvalue weighted by atomic mass is 10.2. The molecule has 4 rings (SSSR count). The largest absolute Gasteiger partial charge is 0.341 e. The minimum atomic E-state index is 0.290. The Balaban J connectivity index is 1.40. The second-order valence-electron chi connectivity index (χ2n) is 6.65. The van der Waals surface area contributed by atoms with Crippen molar-refractivity contribution in [3.63, 3.8) is 0 Å². The second-order valence-corrected chi connectivity index (χ2v) is 6.99. The molecule has 0 aliphatic carbocycles. The molecule has 0 N–H and O–H groups in total. The molecule has 0 atom stereocenters. The lowest BCUT2D eigenvalue weighted by Gasteiger charge is -2.35. The van der Waals surface area contributed by atoms with Crippen LogP contribution in [-0.2, 0) is 6.54 Å². The van der Waals surface area contributed by atoms with Crippen molar-refractivity contribution in [2.45, 2.75) is 19.4 Å². The maximum Gasteiger partial charge on any atom is 0.231 e. The van der Waals surface area contributed by atoms with Crippen molar-refractivity contribution in [3.8, 4) is 0 Å². The van der Waals surface area contributed by atoms with Gasteiger partial charge in [-0.2, -0.15) is 15.0 Å². The Morgan fingerprint density at radius 3 is 2.00 bits per heavy atom. The molecule has 0 bridgehead atoms. The summed E-state index contributed by atoms with van der Waals surface area (Å²) in [7, 11) is 0. The fraction of sp³-hybridized carbons (Fsp3) is 0.500. The van der Waals surface area contributed by atoms with Gasteiger partial charge in [0, 0.05) is 45.8 Å². The molecule has 2 aromatic rings. The molecule has 0 radical (unpaired) electrons. The fourth-order valence-corrected chi connectivity index (χ4v) is 3.63. The van der Waals surface area contributed by atoms with Gasteiger partial charge in [-0.3, -0.25) is 4.90 Å². The number of benzene rings is 1. The second kappa shape index (κ2) is 7.54. The van der Waals surface area contributed by atoms with E-state index in [1.807, 2.05) is 0 Å². The molecule has 0 amide bonds. The summed E-state index contributed by atoms with van der Waals surface area (Å²) >= 11 is 6.16. The SMILES string of the molecule is Clc1nc(N2CCCC2)nc(N2CCN(Cc3ccccc3)CC2)n1. The highest BCUT2D eigenvalue weighted by Gasteiger charge is 2.22. The van der Waals surface area contributed by atoms with Gasteiger partial charge in [-0.25, -0.2) is 0 Å². The van der Waals surface area contributed by atoms with Crippen molar-refractivity contribution in [1.82, 2.24) is 19.9 Å². The minimum Gasteiger partial charge on any atom is -0.341 e. The van der Waals surface area contributed by atoms with E-state index in [9.17, 15) is 0 Å². The molecular formula is C18H23ClN6. The Kier molecular flexibility index (Phi) is 4.99. The first-order valence-electron chi connectivity index (χ1n) is 8.96. The Bertz CT molecular complexity index is 696. The zero-order valence-corrected chi connectivity index (χ0v) is 15.1. The van der Waals surface area contributed by atoms with E-state index in [-0.39, 0.29) is 0 Å². The van der Waals surface area contributed by atoms with Crippen LogP contribution >= 0.6 is 11.6 Å². The average Bonchev–Trinajstić information content (AvgIpc) is 3.17. The van der Waals surface area contributed by atoms with Crippen LogP contribution in [-0.4, -0.2) is 59.1 Å².